The number of esters is 1. The van der Waals surface area contributed by atoms with Crippen LogP contribution in [0.2, 0.25) is 0 Å². The lowest BCUT2D eigenvalue weighted by atomic mass is 10.1. The quantitative estimate of drug-likeness (QED) is 0.507. The van der Waals surface area contributed by atoms with E-state index in [2.05, 4.69) is 15.3 Å². The van der Waals surface area contributed by atoms with Crippen LogP contribution in [-0.4, -0.2) is 37.5 Å². The van der Waals surface area contributed by atoms with Crippen LogP contribution in [0.4, 0.5) is 0 Å². The number of fused-ring (bicyclic) bond motifs is 1. The van der Waals surface area contributed by atoms with Gasteiger partial charge in [-0.2, -0.15) is 4.68 Å². The van der Waals surface area contributed by atoms with Crippen molar-refractivity contribution in [1.82, 2.24) is 24.4 Å². The van der Waals surface area contributed by atoms with Crippen molar-refractivity contribution >= 4 is 11.7 Å². The normalized spacial score (nSPS) is 10.9. The van der Waals surface area contributed by atoms with Crippen molar-refractivity contribution in [2.24, 2.45) is 0 Å². The second-order valence-electron chi connectivity index (χ2n) is 6.31. The Labute approximate surface area is 160 Å². The summed E-state index contributed by atoms with van der Waals surface area (Å²) in [5, 5.41) is 12.5. The van der Waals surface area contributed by atoms with Gasteiger partial charge in [-0.05, 0) is 24.6 Å². The van der Waals surface area contributed by atoms with Gasteiger partial charge in [0.15, 0.2) is 0 Å². The maximum Gasteiger partial charge on any atom is 0.376 e. The number of benzene rings is 2. The highest BCUT2D eigenvalue weighted by molar-refractivity contribution is 5.86. The highest BCUT2D eigenvalue weighted by Gasteiger charge is 2.23. The van der Waals surface area contributed by atoms with Gasteiger partial charge >= 0.3 is 5.97 Å². The molecule has 140 valence electrons. The summed E-state index contributed by atoms with van der Waals surface area (Å²) in [6, 6.07) is 16.9. The zero-order valence-electron chi connectivity index (χ0n) is 15.4. The van der Waals surface area contributed by atoms with Gasteiger partial charge in [-0.3, -0.25) is 4.79 Å². The number of para-hydroxylation sites is 1. The fraction of sp³-hybridized carbons (Fsp3) is 0.150. The molecule has 0 aliphatic heterocycles. The maximum atomic E-state index is 13.1. The first-order chi connectivity index (χ1) is 13.6. The number of ether oxygens (including phenoxy) is 1. The van der Waals surface area contributed by atoms with Crippen molar-refractivity contribution < 1.29 is 9.53 Å². The van der Waals surface area contributed by atoms with Crippen molar-refractivity contribution in [3.8, 4) is 5.69 Å². The highest BCUT2D eigenvalue weighted by atomic mass is 16.5. The maximum absolute atomic E-state index is 13.1. The Morgan fingerprint density at radius 1 is 1.04 bits per heavy atom. The highest BCUT2D eigenvalue weighted by Crippen LogP contribution is 2.13. The first-order valence-corrected chi connectivity index (χ1v) is 8.65. The Balaban J connectivity index is 1.90. The molecular weight excluding hydrogens is 358 g/mol. The van der Waals surface area contributed by atoms with Gasteiger partial charge in [0.2, 0.25) is 5.82 Å². The minimum Gasteiger partial charge on any atom is -0.463 e. The van der Waals surface area contributed by atoms with Crippen molar-refractivity contribution in [1.29, 1.82) is 0 Å². The zero-order chi connectivity index (χ0) is 19.7. The first-order valence-electron chi connectivity index (χ1n) is 8.65. The summed E-state index contributed by atoms with van der Waals surface area (Å²) >= 11 is 0. The molecule has 2 aromatic heterocycles. The predicted octanol–water partition coefficient (Wildman–Crippen LogP) is 1.96. The molecule has 0 spiro atoms. The summed E-state index contributed by atoms with van der Waals surface area (Å²) in [6.45, 7) is 1.99. The summed E-state index contributed by atoms with van der Waals surface area (Å²) in [7, 11) is 1.24. The minimum atomic E-state index is -0.726. The summed E-state index contributed by atoms with van der Waals surface area (Å²) < 4.78 is 7.34. The van der Waals surface area contributed by atoms with Gasteiger partial charge in [0, 0.05) is 6.42 Å². The number of aromatic nitrogens is 5. The van der Waals surface area contributed by atoms with Crippen LogP contribution in [0.5, 0.6) is 0 Å². The molecule has 28 heavy (non-hydrogen) atoms. The molecule has 0 aliphatic carbocycles. The van der Waals surface area contributed by atoms with E-state index in [0.717, 1.165) is 15.5 Å². The Hall–Kier alpha value is -3.81. The lowest BCUT2D eigenvalue weighted by molar-refractivity contribution is 0.0584. The third kappa shape index (κ3) is 3.05. The molecule has 0 atom stereocenters. The number of carbonyl (C=O) groups is 1. The van der Waals surface area contributed by atoms with E-state index in [1.54, 1.807) is 12.1 Å². The van der Waals surface area contributed by atoms with Crippen molar-refractivity contribution in [2.45, 2.75) is 13.3 Å². The molecule has 0 amide bonds. The van der Waals surface area contributed by atoms with Crippen LogP contribution in [0.15, 0.2) is 59.4 Å². The van der Waals surface area contributed by atoms with Crippen LogP contribution in [0, 0.1) is 6.92 Å². The van der Waals surface area contributed by atoms with E-state index in [4.69, 9.17) is 4.74 Å². The molecule has 8 heteroatoms. The summed E-state index contributed by atoms with van der Waals surface area (Å²) in [5.74, 6) is -0.730. The van der Waals surface area contributed by atoms with Crippen molar-refractivity contribution in [3.63, 3.8) is 0 Å². The van der Waals surface area contributed by atoms with Crippen LogP contribution < -0.4 is 5.56 Å². The SMILES string of the molecule is COC(=O)c1nn(-c2ccccc2)c2nnc(Cc3ccc(C)cc3)c(=O)n12. The molecule has 0 saturated carbocycles. The smallest absolute Gasteiger partial charge is 0.376 e. The molecule has 4 aromatic rings. The van der Waals surface area contributed by atoms with Crippen molar-refractivity contribution in [2.75, 3.05) is 7.11 Å². The van der Waals surface area contributed by atoms with Gasteiger partial charge < -0.3 is 4.74 Å². The summed E-state index contributed by atoms with van der Waals surface area (Å²) in [6.07, 6.45) is 0.298. The molecule has 2 aromatic carbocycles. The molecule has 0 N–H and O–H groups in total. The number of nitrogens with zero attached hydrogens (tertiary/aromatic N) is 5. The van der Waals surface area contributed by atoms with Crippen LogP contribution >= 0.6 is 0 Å². The third-order valence-corrected chi connectivity index (χ3v) is 4.37. The van der Waals surface area contributed by atoms with Gasteiger partial charge in [0.05, 0.1) is 12.8 Å². The van der Waals surface area contributed by atoms with Gasteiger partial charge in [-0.25, -0.2) is 9.20 Å². The molecule has 0 radical (unpaired) electrons. The number of hydrogen-bond acceptors (Lipinski definition) is 6. The number of methoxy groups -OCH3 is 1. The summed E-state index contributed by atoms with van der Waals surface area (Å²) in [4.78, 5) is 25.3. The second kappa shape index (κ2) is 7.07. The number of hydrogen-bond donors (Lipinski definition) is 0. The molecule has 0 bridgehead atoms. The largest absolute Gasteiger partial charge is 0.463 e. The van der Waals surface area contributed by atoms with E-state index < -0.39 is 11.5 Å². The van der Waals surface area contributed by atoms with Gasteiger partial charge in [-0.1, -0.05) is 48.0 Å². The number of aryl methyl sites for hydroxylation is 1. The van der Waals surface area contributed by atoms with Crippen LogP contribution in [-0.2, 0) is 11.2 Å². The molecule has 4 rings (SSSR count). The van der Waals surface area contributed by atoms with E-state index in [9.17, 15) is 9.59 Å². The van der Waals surface area contributed by atoms with Gasteiger partial charge in [-0.15, -0.1) is 15.3 Å². The first kappa shape index (κ1) is 17.6. The number of carbonyl (C=O) groups excluding carboxylic acids is 1. The topological polar surface area (TPSA) is 91.4 Å². The molecule has 8 nitrogen and oxygen atoms in total. The molecular formula is C20H17N5O3. The van der Waals surface area contributed by atoms with E-state index in [-0.39, 0.29) is 17.3 Å². The molecule has 2 heterocycles. The standard InChI is InChI=1S/C20H17N5O3/c1-13-8-10-14(11-9-13)12-16-18(26)24-17(19(27)28-2)23-25(20(24)22-21-16)15-6-4-3-5-7-15/h3-11H,12H2,1-2H3. The average Bonchev–Trinajstić information content (AvgIpc) is 3.12. The molecule has 0 saturated heterocycles. The fourth-order valence-corrected chi connectivity index (χ4v) is 2.90. The average molecular weight is 375 g/mol. The second-order valence-corrected chi connectivity index (χ2v) is 6.31. The fourth-order valence-electron chi connectivity index (χ4n) is 2.90. The Bertz CT molecular complexity index is 1210. The zero-order valence-corrected chi connectivity index (χ0v) is 15.4. The van der Waals surface area contributed by atoms with E-state index in [0.29, 0.717) is 12.1 Å². The van der Waals surface area contributed by atoms with Crippen molar-refractivity contribution in [3.05, 3.63) is 87.6 Å². The lowest BCUT2D eigenvalue weighted by Gasteiger charge is -2.03. The van der Waals surface area contributed by atoms with E-state index in [1.807, 2.05) is 49.4 Å². The Kier molecular flexibility index (Phi) is 4.44. The van der Waals surface area contributed by atoms with Crippen LogP contribution in [0.25, 0.3) is 11.5 Å². The number of rotatable bonds is 4. The Morgan fingerprint density at radius 2 is 1.75 bits per heavy atom. The van der Waals surface area contributed by atoms with Gasteiger partial charge in [0.1, 0.15) is 5.69 Å². The predicted molar refractivity (Wildman–Crippen MR) is 102 cm³/mol. The summed E-state index contributed by atoms with van der Waals surface area (Å²) in [5.41, 5.74) is 2.47. The molecule has 0 aliphatic rings. The van der Waals surface area contributed by atoms with Gasteiger partial charge in [0.25, 0.3) is 11.3 Å². The monoisotopic (exact) mass is 375 g/mol. The van der Waals surface area contributed by atoms with Crippen LogP contribution in [0.1, 0.15) is 27.4 Å². The molecule has 0 unspecified atom stereocenters. The lowest BCUT2D eigenvalue weighted by Crippen LogP contribution is -2.25. The van der Waals surface area contributed by atoms with Crippen LogP contribution in [0.3, 0.4) is 0 Å². The van der Waals surface area contributed by atoms with E-state index in [1.165, 1.54) is 11.8 Å². The molecule has 0 fully saturated rings. The van der Waals surface area contributed by atoms with E-state index >= 15 is 0 Å². The minimum absolute atomic E-state index is 0.143. The Morgan fingerprint density at radius 3 is 2.43 bits per heavy atom. The third-order valence-electron chi connectivity index (χ3n) is 4.37.